The molecule has 0 heterocycles. The molecule has 0 bridgehead atoms. The number of hydrogen-bond acceptors (Lipinski definition) is 3. The highest BCUT2D eigenvalue weighted by atomic mass is 32.2. The summed E-state index contributed by atoms with van der Waals surface area (Å²) in [7, 11) is -3.67. The molecule has 0 unspecified atom stereocenters. The van der Waals surface area contributed by atoms with Gasteiger partial charge >= 0.3 is 0 Å². The predicted molar refractivity (Wildman–Crippen MR) is 76.9 cm³/mol. The maximum absolute atomic E-state index is 11.4. The normalized spacial score (nSPS) is 12.2. The Morgan fingerprint density at radius 1 is 1.21 bits per heavy atom. The van der Waals surface area contributed by atoms with Gasteiger partial charge in [-0.15, -0.1) is 0 Å². The molecule has 1 aromatic carbocycles. The highest BCUT2D eigenvalue weighted by Gasteiger charge is 2.14. The number of sulfonamides is 1. The third kappa shape index (κ3) is 4.84. The fourth-order valence-corrected chi connectivity index (χ4v) is 2.24. The van der Waals surface area contributed by atoms with Gasteiger partial charge in [-0.3, -0.25) is 0 Å². The summed E-state index contributed by atoms with van der Waals surface area (Å²) in [6.07, 6.45) is 0.967. The van der Waals surface area contributed by atoms with Gasteiger partial charge in [0.2, 0.25) is 10.0 Å². The molecule has 0 fully saturated rings. The zero-order valence-corrected chi connectivity index (χ0v) is 12.8. The molecular formula is C14H23NO3S. The van der Waals surface area contributed by atoms with E-state index in [1.807, 2.05) is 13.8 Å². The van der Waals surface area contributed by atoms with Gasteiger partial charge < -0.3 is 4.74 Å². The van der Waals surface area contributed by atoms with Crippen molar-refractivity contribution in [3.63, 3.8) is 0 Å². The lowest BCUT2D eigenvalue weighted by Crippen LogP contribution is -2.13. The van der Waals surface area contributed by atoms with Crippen molar-refractivity contribution in [3.8, 4) is 5.75 Å². The summed E-state index contributed by atoms with van der Waals surface area (Å²) in [6, 6.07) is 4.78. The summed E-state index contributed by atoms with van der Waals surface area (Å²) < 4.78 is 28.5. The number of rotatable bonds is 6. The minimum Gasteiger partial charge on any atom is -0.493 e. The van der Waals surface area contributed by atoms with Crippen molar-refractivity contribution in [2.75, 3.05) is 6.61 Å². The van der Waals surface area contributed by atoms with E-state index < -0.39 is 10.0 Å². The third-order valence-corrected chi connectivity index (χ3v) is 3.80. The second-order valence-electron chi connectivity index (χ2n) is 5.43. The molecule has 0 amide bonds. The maximum Gasteiger partial charge on any atom is 0.238 e. The van der Waals surface area contributed by atoms with Gasteiger partial charge in [0, 0.05) is 0 Å². The van der Waals surface area contributed by atoms with Crippen molar-refractivity contribution in [1.29, 1.82) is 0 Å². The summed E-state index contributed by atoms with van der Waals surface area (Å²) in [5, 5.41) is 5.15. The molecule has 108 valence electrons. The smallest absolute Gasteiger partial charge is 0.238 e. The molecule has 1 rings (SSSR count). The standard InChI is InChI=1S/C14H23NO3S/c1-10(2)7-8-18-14-6-5-12(19(15,16)17)9-13(14)11(3)4/h5-6,9-11H,7-8H2,1-4H3,(H2,15,16,17). The van der Waals surface area contributed by atoms with Gasteiger partial charge in [-0.2, -0.15) is 0 Å². The number of ether oxygens (including phenoxy) is 1. The van der Waals surface area contributed by atoms with Gasteiger partial charge in [0.25, 0.3) is 0 Å². The van der Waals surface area contributed by atoms with Crippen molar-refractivity contribution in [1.82, 2.24) is 0 Å². The van der Waals surface area contributed by atoms with E-state index in [2.05, 4.69) is 13.8 Å². The average Bonchev–Trinajstić information content (AvgIpc) is 2.27. The van der Waals surface area contributed by atoms with Crippen LogP contribution in [-0.4, -0.2) is 15.0 Å². The van der Waals surface area contributed by atoms with Crippen molar-refractivity contribution >= 4 is 10.0 Å². The van der Waals surface area contributed by atoms with Crippen molar-refractivity contribution in [3.05, 3.63) is 23.8 Å². The van der Waals surface area contributed by atoms with E-state index in [0.29, 0.717) is 12.5 Å². The number of nitrogens with two attached hydrogens (primary N) is 1. The van der Waals surface area contributed by atoms with Gasteiger partial charge in [-0.1, -0.05) is 27.7 Å². The van der Waals surface area contributed by atoms with Crippen LogP contribution in [-0.2, 0) is 10.0 Å². The van der Waals surface area contributed by atoms with Crippen LogP contribution >= 0.6 is 0 Å². The topological polar surface area (TPSA) is 69.4 Å². The third-order valence-electron chi connectivity index (χ3n) is 2.88. The van der Waals surface area contributed by atoms with E-state index in [1.165, 1.54) is 6.07 Å². The van der Waals surface area contributed by atoms with Gasteiger partial charge in [0.15, 0.2) is 0 Å². The minimum atomic E-state index is -3.67. The van der Waals surface area contributed by atoms with E-state index >= 15 is 0 Å². The van der Waals surface area contributed by atoms with E-state index in [0.717, 1.165) is 17.7 Å². The van der Waals surface area contributed by atoms with Crippen LogP contribution in [0.4, 0.5) is 0 Å². The molecule has 0 aromatic heterocycles. The zero-order chi connectivity index (χ0) is 14.6. The van der Waals surface area contributed by atoms with Crippen LogP contribution in [0.25, 0.3) is 0 Å². The van der Waals surface area contributed by atoms with Crippen LogP contribution < -0.4 is 9.88 Å². The van der Waals surface area contributed by atoms with E-state index in [9.17, 15) is 8.42 Å². The molecule has 1 aromatic rings. The highest BCUT2D eigenvalue weighted by Crippen LogP contribution is 2.29. The Balaban J connectivity index is 2.99. The fourth-order valence-electron chi connectivity index (χ4n) is 1.69. The SMILES string of the molecule is CC(C)CCOc1ccc(S(N)(=O)=O)cc1C(C)C. The number of primary sulfonamides is 1. The molecule has 5 heteroatoms. The Kier molecular flexibility index (Phi) is 5.38. The Bertz CT molecular complexity index is 521. The molecule has 0 aliphatic heterocycles. The molecule has 0 spiro atoms. The Labute approximate surface area is 116 Å². The molecule has 0 radical (unpaired) electrons. The molecule has 0 atom stereocenters. The summed E-state index contributed by atoms with van der Waals surface area (Å²) in [4.78, 5) is 0.132. The highest BCUT2D eigenvalue weighted by molar-refractivity contribution is 7.89. The molecule has 0 aliphatic rings. The Hall–Kier alpha value is -1.07. The lowest BCUT2D eigenvalue weighted by Gasteiger charge is -2.15. The molecule has 0 saturated carbocycles. The van der Waals surface area contributed by atoms with Crippen LogP contribution in [0.1, 0.15) is 45.6 Å². The molecule has 19 heavy (non-hydrogen) atoms. The van der Waals surface area contributed by atoms with Gasteiger partial charge in [0.05, 0.1) is 11.5 Å². The second-order valence-corrected chi connectivity index (χ2v) is 6.99. The van der Waals surface area contributed by atoms with Crippen molar-refractivity contribution < 1.29 is 13.2 Å². The molecular weight excluding hydrogens is 262 g/mol. The zero-order valence-electron chi connectivity index (χ0n) is 12.0. The van der Waals surface area contributed by atoms with E-state index in [1.54, 1.807) is 12.1 Å². The summed E-state index contributed by atoms with van der Waals surface area (Å²) in [5.74, 6) is 1.49. The lowest BCUT2D eigenvalue weighted by molar-refractivity contribution is 0.286. The first-order valence-corrected chi connectivity index (χ1v) is 8.06. The number of benzene rings is 1. The average molecular weight is 285 g/mol. The van der Waals surface area contributed by atoms with Gasteiger partial charge in [-0.25, -0.2) is 13.6 Å². The molecule has 0 saturated heterocycles. The first-order chi connectivity index (χ1) is 8.71. The minimum absolute atomic E-state index is 0.132. The van der Waals surface area contributed by atoms with Crippen LogP contribution in [0.2, 0.25) is 0 Å². The summed E-state index contributed by atoms with van der Waals surface area (Å²) >= 11 is 0. The quantitative estimate of drug-likeness (QED) is 0.873. The largest absolute Gasteiger partial charge is 0.493 e. The van der Waals surface area contributed by atoms with E-state index in [4.69, 9.17) is 9.88 Å². The van der Waals surface area contributed by atoms with Crippen LogP contribution in [0.5, 0.6) is 5.75 Å². The van der Waals surface area contributed by atoms with Gasteiger partial charge in [0.1, 0.15) is 5.75 Å². The summed E-state index contributed by atoms with van der Waals surface area (Å²) in [5.41, 5.74) is 0.871. The molecule has 0 aliphatic carbocycles. The first kappa shape index (κ1) is 16.0. The predicted octanol–water partition coefficient (Wildman–Crippen LogP) is 2.88. The van der Waals surface area contributed by atoms with Crippen LogP contribution in [0.15, 0.2) is 23.1 Å². The Morgan fingerprint density at radius 2 is 1.84 bits per heavy atom. The second kappa shape index (κ2) is 6.39. The molecule has 2 N–H and O–H groups in total. The van der Waals surface area contributed by atoms with Crippen molar-refractivity contribution in [2.24, 2.45) is 11.1 Å². The summed E-state index contributed by atoms with van der Waals surface area (Å²) in [6.45, 7) is 8.90. The van der Waals surface area contributed by atoms with Gasteiger partial charge in [-0.05, 0) is 42.0 Å². The van der Waals surface area contributed by atoms with Crippen molar-refractivity contribution in [2.45, 2.75) is 44.9 Å². The fraction of sp³-hybridized carbons (Fsp3) is 0.571. The van der Waals surface area contributed by atoms with Crippen LogP contribution in [0.3, 0.4) is 0 Å². The lowest BCUT2D eigenvalue weighted by atomic mass is 10.0. The maximum atomic E-state index is 11.4. The monoisotopic (exact) mass is 285 g/mol. The van der Waals surface area contributed by atoms with Crippen LogP contribution in [0, 0.1) is 5.92 Å². The number of hydrogen-bond donors (Lipinski definition) is 1. The Morgan fingerprint density at radius 3 is 2.32 bits per heavy atom. The molecule has 4 nitrogen and oxygen atoms in total. The van der Waals surface area contributed by atoms with E-state index in [-0.39, 0.29) is 10.8 Å². The first-order valence-electron chi connectivity index (χ1n) is 6.51.